The molecule has 0 aliphatic rings. The molecule has 2 aromatic rings. The molecule has 0 saturated heterocycles. The Morgan fingerprint density at radius 2 is 1.96 bits per heavy atom. The van der Waals surface area contributed by atoms with Crippen molar-refractivity contribution in [2.24, 2.45) is 0 Å². The first-order chi connectivity index (χ1) is 10.8. The summed E-state index contributed by atoms with van der Waals surface area (Å²) in [7, 11) is 0. The monoisotopic (exact) mass is 344 g/mol. The van der Waals surface area contributed by atoms with Crippen molar-refractivity contribution < 1.29 is 18.0 Å². The molecule has 0 fully saturated rings. The summed E-state index contributed by atoms with van der Waals surface area (Å²) < 4.78 is 38.2. The fourth-order valence-corrected chi connectivity index (χ4v) is 2.77. The van der Waals surface area contributed by atoms with E-state index >= 15 is 0 Å². The van der Waals surface area contributed by atoms with E-state index in [4.69, 9.17) is 0 Å². The SMILES string of the molecule is Cc1nnc(S[C@H](C)C(=O)NCC(F)(F)F)n1-c1ccccc1. The standard InChI is InChI=1S/C14H15F3N4OS/c1-9(12(22)18-8-14(15,16)17)23-13-20-19-10(2)21(13)11-6-4-3-5-7-11/h3-7,9H,8H2,1-2H3,(H,18,22)/t9-/m1/s1. The van der Waals surface area contributed by atoms with Crippen LogP contribution in [-0.4, -0.2) is 38.6 Å². The molecule has 1 atom stereocenters. The molecule has 0 aliphatic carbocycles. The maximum atomic E-state index is 12.1. The highest BCUT2D eigenvalue weighted by Crippen LogP contribution is 2.25. The zero-order chi connectivity index (χ0) is 17.0. The van der Waals surface area contributed by atoms with Gasteiger partial charge in [-0.2, -0.15) is 13.2 Å². The Hall–Kier alpha value is -2.03. The summed E-state index contributed by atoms with van der Waals surface area (Å²) in [5, 5.41) is 9.55. The van der Waals surface area contributed by atoms with Gasteiger partial charge in [0.25, 0.3) is 0 Å². The van der Waals surface area contributed by atoms with Gasteiger partial charge in [-0.3, -0.25) is 9.36 Å². The van der Waals surface area contributed by atoms with Gasteiger partial charge in [-0.1, -0.05) is 30.0 Å². The molecule has 1 amide bonds. The van der Waals surface area contributed by atoms with Crippen LogP contribution in [0.5, 0.6) is 0 Å². The minimum absolute atomic E-state index is 0.448. The van der Waals surface area contributed by atoms with Gasteiger partial charge in [-0.05, 0) is 26.0 Å². The highest BCUT2D eigenvalue weighted by atomic mass is 32.2. The lowest BCUT2D eigenvalue weighted by atomic mass is 10.3. The van der Waals surface area contributed by atoms with Crippen molar-refractivity contribution in [2.45, 2.75) is 30.4 Å². The number of halogens is 3. The Morgan fingerprint density at radius 1 is 1.30 bits per heavy atom. The van der Waals surface area contributed by atoms with Crippen molar-refractivity contribution in [3.63, 3.8) is 0 Å². The van der Waals surface area contributed by atoms with Crippen LogP contribution >= 0.6 is 11.8 Å². The van der Waals surface area contributed by atoms with Crippen LogP contribution in [0.3, 0.4) is 0 Å². The normalized spacial score (nSPS) is 12.9. The van der Waals surface area contributed by atoms with Gasteiger partial charge in [0.2, 0.25) is 5.91 Å². The first kappa shape index (κ1) is 17.3. The van der Waals surface area contributed by atoms with Gasteiger partial charge in [0.05, 0.1) is 5.25 Å². The van der Waals surface area contributed by atoms with E-state index in [0.717, 1.165) is 17.4 Å². The number of carbonyl (C=O) groups is 1. The summed E-state index contributed by atoms with van der Waals surface area (Å²) in [4.78, 5) is 11.8. The number of rotatable bonds is 5. The molecule has 0 bridgehead atoms. The van der Waals surface area contributed by atoms with Gasteiger partial charge in [0.15, 0.2) is 5.16 Å². The van der Waals surface area contributed by atoms with Crippen molar-refractivity contribution in [1.82, 2.24) is 20.1 Å². The van der Waals surface area contributed by atoms with E-state index in [-0.39, 0.29) is 0 Å². The number of aryl methyl sites for hydroxylation is 1. The molecule has 0 unspecified atom stereocenters. The van der Waals surface area contributed by atoms with E-state index in [1.807, 2.05) is 35.6 Å². The number of amides is 1. The predicted octanol–water partition coefficient (Wildman–Crippen LogP) is 2.73. The van der Waals surface area contributed by atoms with Gasteiger partial charge >= 0.3 is 6.18 Å². The third-order valence-electron chi connectivity index (χ3n) is 2.92. The molecule has 1 heterocycles. The summed E-state index contributed by atoms with van der Waals surface area (Å²) in [6.45, 7) is 1.94. The smallest absolute Gasteiger partial charge is 0.346 e. The van der Waals surface area contributed by atoms with Crippen molar-refractivity contribution in [2.75, 3.05) is 6.54 Å². The van der Waals surface area contributed by atoms with E-state index in [1.165, 1.54) is 6.92 Å². The molecular weight excluding hydrogens is 329 g/mol. The highest BCUT2D eigenvalue weighted by molar-refractivity contribution is 8.00. The molecule has 1 aromatic carbocycles. The molecule has 124 valence electrons. The summed E-state index contributed by atoms with van der Waals surface area (Å²) in [6, 6.07) is 9.28. The number of hydrogen-bond donors (Lipinski definition) is 1. The number of nitrogens with zero attached hydrogens (tertiary/aromatic N) is 3. The summed E-state index contributed by atoms with van der Waals surface area (Å²) in [5.41, 5.74) is 0.820. The zero-order valence-corrected chi connectivity index (χ0v) is 13.3. The number of alkyl halides is 3. The second kappa shape index (κ2) is 7.03. The molecular formula is C14H15F3N4OS. The van der Waals surface area contributed by atoms with Gasteiger partial charge < -0.3 is 5.32 Å². The van der Waals surface area contributed by atoms with Crippen LogP contribution in [0.2, 0.25) is 0 Å². The summed E-state index contributed by atoms with van der Waals surface area (Å²) in [5.74, 6) is -0.0748. The van der Waals surface area contributed by atoms with Gasteiger partial charge in [-0.15, -0.1) is 10.2 Å². The van der Waals surface area contributed by atoms with Crippen molar-refractivity contribution in [1.29, 1.82) is 0 Å². The Balaban J connectivity index is 2.10. The number of para-hydroxylation sites is 1. The topological polar surface area (TPSA) is 59.8 Å². The number of hydrogen-bond acceptors (Lipinski definition) is 4. The Bertz CT molecular complexity index is 672. The van der Waals surface area contributed by atoms with E-state index in [9.17, 15) is 18.0 Å². The third kappa shape index (κ3) is 4.72. The van der Waals surface area contributed by atoms with E-state index in [1.54, 1.807) is 11.5 Å². The molecule has 0 saturated carbocycles. The lowest BCUT2D eigenvalue weighted by Crippen LogP contribution is -2.38. The number of aromatic nitrogens is 3. The molecule has 2 rings (SSSR count). The predicted molar refractivity (Wildman–Crippen MR) is 80.5 cm³/mol. The summed E-state index contributed by atoms with van der Waals surface area (Å²) >= 11 is 1.05. The lowest BCUT2D eigenvalue weighted by molar-refractivity contribution is -0.137. The number of nitrogens with one attached hydrogen (secondary N) is 1. The maximum absolute atomic E-state index is 12.1. The molecule has 0 spiro atoms. The van der Waals surface area contributed by atoms with Crippen molar-refractivity contribution in [3.8, 4) is 5.69 Å². The van der Waals surface area contributed by atoms with Gasteiger partial charge in [-0.25, -0.2) is 0 Å². The Kier molecular flexibility index (Phi) is 5.30. The fraction of sp³-hybridized carbons (Fsp3) is 0.357. The molecule has 5 nitrogen and oxygen atoms in total. The van der Waals surface area contributed by atoms with Crippen LogP contribution in [0, 0.1) is 6.92 Å². The first-order valence-corrected chi connectivity index (χ1v) is 7.64. The third-order valence-corrected chi connectivity index (χ3v) is 3.97. The van der Waals surface area contributed by atoms with E-state index < -0.39 is 23.9 Å². The molecule has 9 heteroatoms. The minimum atomic E-state index is -4.43. The van der Waals surface area contributed by atoms with Crippen LogP contribution in [0.15, 0.2) is 35.5 Å². The largest absolute Gasteiger partial charge is 0.405 e. The highest BCUT2D eigenvalue weighted by Gasteiger charge is 2.29. The molecule has 0 radical (unpaired) electrons. The van der Waals surface area contributed by atoms with Crippen LogP contribution in [0.4, 0.5) is 13.2 Å². The second-order valence-corrected chi connectivity index (χ2v) is 6.10. The Labute approximate surface area is 135 Å². The molecule has 23 heavy (non-hydrogen) atoms. The minimum Gasteiger partial charge on any atom is -0.346 e. The first-order valence-electron chi connectivity index (χ1n) is 6.76. The van der Waals surface area contributed by atoms with E-state index in [0.29, 0.717) is 11.0 Å². The van der Waals surface area contributed by atoms with Gasteiger partial charge in [0.1, 0.15) is 12.4 Å². The molecule has 1 N–H and O–H groups in total. The molecule has 1 aromatic heterocycles. The number of benzene rings is 1. The zero-order valence-electron chi connectivity index (χ0n) is 12.5. The van der Waals surface area contributed by atoms with Crippen LogP contribution in [0.1, 0.15) is 12.7 Å². The quantitative estimate of drug-likeness (QED) is 0.848. The van der Waals surface area contributed by atoms with Crippen LogP contribution in [0.25, 0.3) is 5.69 Å². The summed E-state index contributed by atoms with van der Waals surface area (Å²) in [6.07, 6.45) is -4.43. The average Bonchev–Trinajstić information content (AvgIpc) is 2.85. The maximum Gasteiger partial charge on any atom is 0.405 e. The average molecular weight is 344 g/mol. The Morgan fingerprint density at radius 3 is 2.57 bits per heavy atom. The number of thioether (sulfide) groups is 1. The fourth-order valence-electron chi connectivity index (χ4n) is 1.84. The number of carbonyl (C=O) groups excluding carboxylic acids is 1. The lowest BCUT2D eigenvalue weighted by Gasteiger charge is -2.14. The van der Waals surface area contributed by atoms with Crippen LogP contribution < -0.4 is 5.32 Å². The van der Waals surface area contributed by atoms with E-state index in [2.05, 4.69) is 10.2 Å². The van der Waals surface area contributed by atoms with Crippen molar-refractivity contribution in [3.05, 3.63) is 36.2 Å². The van der Waals surface area contributed by atoms with Crippen molar-refractivity contribution >= 4 is 17.7 Å². The second-order valence-electron chi connectivity index (χ2n) is 4.79. The molecule has 0 aliphatic heterocycles. The van der Waals surface area contributed by atoms with Crippen LogP contribution in [-0.2, 0) is 4.79 Å². The van der Waals surface area contributed by atoms with Gasteiger partial charge in [0, 0.05) is 5.69 Å².